The molecule has 0 amide bonds. The summed E-state index contributed by atoms with van der Waals surface area (Å²) in [5, 5.41) is 15.1. The van der Waals surface area contributed by atoms with Gasteiger partial charge in [0.25, 0.3) is 0 Å². The molecular formula is C5H11N2O. The van der Waals surface area contributed by atoms with Gasteiger partial charge >= 0.3 is 0 Å². The van der Waals surface area contributed by atoms with Gasteiger partial charge in [-0.05, 0) is 0 Å². The van der Waals surface area contributed by atoms with E-state index in [1.807, 2.05) is 0 Å². The van der Waals surface area contributed by atoms with E-state index in [9.17, 15) is 5.21 Å². The van der Waals surface area contributed by atoms with Gasteiger partial charge in [-0.25, -0.2) is 5.32 Å². The molecule has 0 saturated carbocycles. The van der Waals surface area contributed by atoms with Crippen LogP contribution in [0.5, 0.6) is 0 Å². The average molecular weight is 115 g/mol. The van der Waals surface area contributed by atoms with Gasteiger partial charge in [0.2, 0.25) is 0 Å². The van der Waals surface area contributed by atoms with Gasteiger partial charge in [0, 0.05) is 0 Å². The number of rotatable bonds is 0. The highest BCUT2D eigenvalue weighted by Gasteiger charge is 2.13. The lowest BCUT2D eigenvalue weighted by Crippen LogP contribution is -2.49. The third-order valence-corrected chi connectivity index (χ3v) is 1.46. The summed E-state index contributed by atoms with van der Waals surface area (Å²) in [5.74, 6) is 0. The second kappa shape index (κ2) is 2.01. The summed E-state index contributed by atoms with van der Waals surface area (Å²) in [5.41, 5.74) is 0. The SMILES string of the molecule is C[N+]1([O-])CC[N]CC1. The van der Waals surface area contributed by atoms with Crippen LogP contribution in [0.2, 0.25) is 0 Å². The van der Waals surface area contributed by atoms with E-state index < -0.39 is 0 Å². The molecule has 1 fully saturated rings. The highest BCUT2D eigenvalue weighted by atomic mass is 16.5. The number of piperazine rings is 1. The molecule has 0 N–H and O–H groups in total. The van der Waals surface area contributed by atoms with Crippen LogP contribution in [0, 0.1) is 5.21 Å². The van der Waals surface area contributed by atoms with Crippen molar-refractivity contribution in [3.63, 3.8) is 0 Å². The summed E-state index contributed by atoms with van der Waals surface area (Å²) < 4.78 is -0.0938. The molecule has 47 valence electrons. The van der Waals surface area contributed by atoms with E-state index in [2.05, 4.69) is 5.32 Å². The van der Waals surface area contributed by atoms with E-state index in [-0.39, 0.29) is 4.65 Å². The van der Waals surface area contributed by atoms with Crippen molar-refractivity contribution in [3.05, 3.63) is 5.21 Å². The first-order chi connectivity index (χ1) is 3.71. The van der Waals surface area contributed by atoms with Crippen LogP contribution in [0.4, 0.5) is 0 Å². The molecule has 0 atom stereocenters. The zero-order valence-corrected chi connectivity index (χ0v) is 5.13. The van der Waals surface area contributed by atoms with Crippen LogP contribution in [-0.4, -0.2) is 37.9 Å². The standard InChI is InChI=1S/C5H11N2O/c1-7(8)4-2-6-3-5-7/h2-5H2,1H3. The fourth-order valence-corrected chi connectivity index (χ4v) is 0.788. The number of hydrogen-bond donors (Lipinski definition) is 0. The molecule has 1 aliphatic heterocycles. The molecule has 8 heavy (non-hydrogen) atoms. The molecule has 1 radical (unpaired) electrons. The molecular weight excluding hydrogens is 104 g/mol. The fraction of sp³-hybridized carbons (Fsp3) is 1.00. The van der Waals surface area contributed by atoms with Gasteiger partial charge in [-0.2, -0.15) is 0 Å². The molecule has 0 aromatic rings. The smallest absolute Gasteiger partial charge is 0.0925 e. The van der Waals surface area contributed by atoms with Crippen molar-refractivity contribution < 1.29 is 4.65 Å². The Hall–Kier alpha value is -0.120. The van der Waals surface area contributed by atoms with Gasteiger partial charge in [-0.1, -0.05) is 0 Å². The minimum absolute atomic E-state index is 0.0938. The van der Waals surface area contributed by atoms with E-state index in [0.717, 1.165) is 13.1 Å². The molecule has 0 unspecified atom stereocenters. The van der Waals surface area contributed by atoms with E-state index in [4.69, 9.17) is 0 Å². The van der Waals surface area contributed by atoms with Crippen LogP contribution in [0.25, 0.3) is 0 Å². The highest BCUT2D eigenvalue weighted by molar-refractivity contribution is 4.53. The number of hydroxylamine groups is 3. The predicted octanol–water partition coefficient (Wildman–Crippen LogP) is -0.451. The molecule has 1 heterocycles. The van der Waals surface area contributed by atoms with E-state index in [1.54, 1.807) is 7.05 Å². The lowest BCUT2D eigenvalue weighted by atomic mass is 10.4. The molecule has 0 bridgehead atoms. The molecule has 1 saturated heterocycles. The number of quaternary nitrogens is 1. The first-order valence-electron chi connectivity index (χ1n) is 2.89. The van der Waals surface area contributed by atoms with Crippen molar-refractivity contribution >= 4 is 0 Å². The second-order valence-electron chi connectivity index (χ2n) is 2.41. The Morgan fingerprint density at radius 3 is 2.12 bits per heavy atom. The molecule has 1 aliphatic rings. The molecule has 0 aliphatic carbocycles. The summed E-state index contributed by atoms with van der Waals surface area (Å²) in [7, 11) is 1.70. The quantitative estimate of drug-likeness (QED) is 0.311. The van der Waals surface area contributed by atoms with Gasteiger partial charge in [0.15, 0.2) is 0 Å². The Balaban J connectivity index is 2.33. The van der Waals surface area contributed by atoms with Crippen LogP contribution in [-0.2, 0) is 0 Å². The Kier molecular flexibility index (Phi) is 1.51. The maximum Gasteiger partial charge on any atom is 0.0925 e. The van der Waals surface area contributed by atoms with Crippen LogP contribution < -0.4 is 5.32 Å². The first-order valence-corrected chi connectivity index (χ1v) is 2.89. The van der Waals surface area contributed by atoms with E-state index >= 15 is 0 Å². The molecule has 3 heteroatoms. The minimum atomic E-state index is -0.0938. The topological polar surface area (TPSA) is 37.2 Å². The van der Waals surface area contributed by atoms with Gasteiger partial charge < -0.3 is 9.85 Å². The summed E-state index contributed by atoms with van der Waals surface area (Å²) in [6.07, 6.45) is 0. The van der Waals surface area contributed by atoms with Gasteiger partial charge in [0.1, 0.15) is 0 Å². The monoisotopic (exact) mass is 115 g/mol. The predicted molar refractivity (Wildman–Crippen MR) is 31.2 cm³/mol. The summed E-state index contributed by atoms with van der Waals surface area (Å²) in [6.45, 7) is 2.83. The summed E-state index contributed by atoms with van der Waals surface area (Å²) in [6, 6.07) is 0. The van der Waals surface area contributed by atoms with Crippen molar-refractivity contribution in [1.82, 2.24) is 5.32 Å². The van der Waals surface area contributed by atoms with Crippen LogP contribution >= 0.6 is 0 Å². The second-order valence-corrected chi connectivity index (χ2v) is 2.41. The highest BCUT2D eigenvalue weighted by Crippen LogP contribution is 1.99. The lowest BCUT2D eigenvalue weighted by Gasteiger charge is -2.41. The Bertz CT molecular complexity index is 74.5. The minimum Gasteiger partial charge on any atom is -0.633 e. The van der Waals surface area contributed by atoms with Gasteiger partial charge in [-0.3, -0.25) is 0 Å². The molecule has 0 aromatic heterocycles. The maximum atomic E-state index is 11.0. The molecule has 0 spiro atoms. The van der Waals surface area contributed by atoms with Crippen LogP contribution in [0.1, 0.15) is 0 Å². The number of likely N-dealkylation sites (N-methyl/N-ethyl adjacent to an activating group) is 1. The Morgan fingerprint density at radius 1 is 1.38 bits per heavy atom. The molecule has 1 rings (SSSR count). The molecule has 3 nitrogen and oxygen atoms in total. The summed E-state index contributed by atoms with van der Waals surface area (Å²) >= 11 is 0. The first kappa shape index (κ1) is 6.01. The van der Waals surface area contributed by atoms with Crippen LogP contribution in [0.15, 0.2) is 0 Å². The van der Waals surface area contributed by atoms with Crippen molar-refractivity contribution in [3.8, 4) is 0 Å². The third-order valence-electron chi connectivity index (χ3n) is 1.46. The van der Waals surface area contributed by atoms with Crippen molar-refractivity contribution in [2.45, 2.75) is 0 Å². The normalized spacial score (nSPS) is 27.8. The van der Waals surface area contributed by atoms with Gasteiger partial charge in [-0.15, -0.1) is 0 Å². The van der Waals surface area contributed by atoms with Crippen molar-refractivity contribution in [2.24, 2.45) is 0 Å². The zero-order valence-electron chi connectivity index (χ0n) is 5.13. The Morgan fingerprint density at radius 2 is 1.88 bits per heavy atom. The largest absolute Gasteiger partial charge is 0.633 e. The average Bonchev–Trinajstić information content (AvgIpc) is 1.65. The van der Waals surface area contributed by atoms with Gasteiger partial charge in [0.05, 0.1) is 33.2 Å². The van der Waals surface area contributed by atoms with E-state index in [1.165, 1.54) is 0 Å². The van der Waals surface area contributed by atoms with Crippen molar-refractivity contribution in [2.75, 3.05) is 33.2 Å². The Labute approximate surface area is 49.5 Å². The van der Waals surface area contributed by atoms with E-state index in [0.29, 0.717) is 13.1 Å². The number of nitrogens with zero attached hydrogens (tertiary/aromatic N) is 2. The third kappa shape index (κ3) is 1.43. The lowest BCUT2D eigenvalue weighted by molar-refractivity contribution is -0.862. The molecule has 0 aromatic carbocycles. The maximum absolute atomic E-state index is 11.0. The van der Waals surface area contributed by atoms with Crippen LogP contribution in [0.3, 0.4) is 0 Å². The zero-order chi connectivity index (χ0) is 6.04. The number of hydrogen-bond acceptors (Lipinski definition) is 1. The van der Waals surface area contributed by atoms with Crippen molar-refractivity contribution in [1.29, 1.82) is 0 Å². The summed E-state index contributed by atoms with van der Waals surface area (Å²) in [4.78, 5) is 0. The fourth-order valence-electron chi connectivity index (χ4n) is 0.788.